The summed E-state index contributed by atoms with van der Waals surface area (Å²) in [6.07, 6.45) is 0.871. The molecule has 1 amide bonds. The molecule has 1 saturated heterocycles. The Kier molecular flexibility index (Phi) is 4.21. The van der Waals surface area contributed by atoms with Crippen molar-refractivity contribution in [1.82, 2.24) is 9.29 Å². The predicted molar refractivity (Wildman–Crippen MR) is 85.1 cm³/mol. The van der Waals surface area contributed by atoms with Crippen LogP contribution in [0.25, 0.3) is 11.3 Å². The fourth-order valence-electron chi connectivity index (χ4n) is 2.67. The molecule has 1 aliphatic rings. The molecule has 3 rings (SSSR count). The van der Waals surface area contributed by atoms with Gasteiger partial charge in [0.2, 0.25) is 15.9 Å². The van der Waals surface area contributed by atoms with Gasteiger partial charge < -0.3 is 4.42 Å². The predicted octanol–water partition coefficient (Wildman–Crippen LogP) is 2.14. The number of carbonyl (C=O) groups is 1. The first-order chi connectivity index (χ1) is 11.0. The first kappa shape index (κ1) is 15.7. The van der Waals surface area contributed by atoms with Crippen molar-refractivity contribution in [3.05, 3.63) is 41.9 Å². The van der Waals surface area contributed by atoms with Crippen LogP contribution in [0.5, 0.6) is 0 Å². The van der Waals surface area contributed by atoms with Crippen LogP contribution in [0, 0.1) is 6.92 Å². The zero-order valence-electron chi connectivity index (χ0n) is 12.9. The van der Waals surface area contributed by atoms with Gasteiger partial charge in [-0.3, -0.25) is 4.79 Å². The summed E-state index contributed by atoms with van der Waals surface area (Å²) < 4.78 is 30.2. The fraction of sp³-hybridized carbons (Fsp3) is 0.375. The fourth-order valence-corrected chi connectivity index (χ4v) is 4.20. The number of nitrogens with zero attached hydrogens (tertiary/aromatic N) is 2. The number of oxazole rings is 1. The van der Waals surface area contributed by atoms with E-state index in [-0.39, 0.29) is 24.6 Å². The lowest BCUT2D eigenvalue weighted by Gasteiger charge is -2.13. The zero-order chi connectivity index (χ0) is 16.4. The molecule has 0 aliphatic carbocycles. The minimum absolute atomic E-state index is 0.0506. The number of carbonyl (C=O) groups excluding carboxylic acids is 1. The van der Waals surface area contributed by atoms with Crippen LogP contribution in [0.15, 0.2) is 34.7 Å². The number of hydrogen-bond acceptors (Lipinski definition) is 5. The topological polar surface area (TPSA) is 80.5 Å². The number of rotatable bonds is 4. The highest BCUT2D eigenvalue weighted by atomic mass is 32.2. The second-order valence-corrected chi connectivity index (χ2v) is 7.54. The van der Waals surface area contributed by atoms with Gasteiger partial charge in [0.25, 0.3) is 0 Å². The third-order valence-corrected chi connectivity index (χ3v) is 5.67. The highest BCUT2D eigenvalue weighted by Gasteiger charge is 2.32. The standard InChI is InChI=1S/C16H18N2O4S/c1-12-16(13-6-3-2-4-7-13)22-14(17-12)8-9-15(19)18-10-5-11-23(18,20)21/h2-4,6-7H,5,8-11H2,1H3. The van der Waals surface area contributed by atoms with Crippen molar-refractivity contribution >= 4 is 15.9 Å². The van der Waals surface area contributed by atoms with Crippen LogP contribution in [-0.4, -0.2) is 35.9 Å². The molecule has 2 aromatic rings. The molecule has 122 valence electrons. The van der Waals surface area contributed by atoms with Gasteiger partial charge in [0, 0.05) is 24.9 Å². The summed E-state index contributed by atoms with van der Waals surface area (Å²) in [4.78, 5) is 16.4. The second-order valence-electron chi connectivity index (χ2n) is 5.52. The van der Waals surface area contributed by atoms with Gasteiger partial charge in [0.1, 0.15) is 0 Å². The average molecular weight is 334 g/mol. The van der Waals surface area contributed by atoms with Gasteiger partial charge in [-0.2, -0.15) is 0 Å². The number of amides is 1. The lowest BCUT2D eigenvalue weighted by atomic mass is 10.1. The van der Waals surface area contributed by atoms with Crippen molar-refractivity contribution < 1.29 is 17.6 Å². The summed E-state index contributed by atoms with van der Waals surface area (Å²) in [5, 5.41) is 0. The van der Waals surface area contributed by atoms with Gasteiger partial charge in [-0.25, -0.2) is 17.7 Å². The van der Waals surface area contributed by atoms with Crippen molar-refractivity contribution in [2.24, 2.45) is 0 Å². The molecule has 2 heterocycles. The molecule has 0 spiro atoms. The maximum atomic E-state index is 12.1. The summed E-state index contributed by atoms with van der Waals surface area (Å²) in [7, 11) is -3.40. The van der Waals surface area contributed by atoms with E-state index in [4.69, 9.17) is 4.42 Å². The lowest BCUT2D eigenvalue weighted by Crippen LogP contribution is -2.32. The van der Waals surface area contributed by atoms with Crippen molar-refractivity contribution in [3.63, 3.8) is 0 Å². The van der Waals surface area contributed by atoms with E-state index in [1.807, 2.05) is 37.3 Å². The Balaban J connectivity index is 1.69. The van der Waals surface area contributed by atoms with Crippen LogP contribution in [0.4, 0.5) is 0 Å². The summed E-state index contributed by atoms with van der Waals surface area (Å²) in [6, 6.07) is 9.61. The van der Waals surface area contributed by atoms with Crippen molar-refractivity contribution in [1.29, 1.82) is 0 Å². The molecule has 0 N–H and O–H groups in total. The Morgan fingerprint density at radius 3 is 2.70 bits per heavy atom. The van der Waals surface area contributed by atoms with Crippen LogP contribution in [-0.2, 0) is 21.2 Å². The maximum absolute atomic E-state index is 12.1. The molecule has 0 saturated carbocycles. The summed E-state index contributed by atoms with van der Waals surface area (Å²) in [6.45, 7) is 2.13. The molecule has 1 fully saturated rings. The average Bonchev–Trinajstić information content (AvgIpc) is 3.08. The first-order valence-electron chi connectivity index (χ1n) is 7.52. The number of benzene rings is 1. The van der Waals surface area contributed by atoms with Crippen LogP contribution in [0.1, 0.15) is 24.4 Å². The highest BCUT2D eigenvalue weighted by Crippen LogP contribution is 2.25. The first-order valence-corrected chi connectivity index (χ1v) is 9.13. The molecule has 1 aromatic heterocycles. The van der Waals surface area contributed by atoms with Crippen molar-refractivity contribution in [3.8, 4) is 11.3 Å². The van der Waals surface area contributed by atoms with Gasteiger partial charge in [-0.1, -0.05) is 30.3 Å². The van der Waals surface area contributed by atoms with Gasteiger partial charge in [-0.05, 0) is 13.3 Å². The Hall–Kier alpha value is -2.15. The molecule has 23 heavy (non-hydrogen) atoms. The van der Waals surface area contributed by atoms with Gasteiger partial charge in [0.05, 0.1) is 11.4 Å². The van der Waals surface area contributed by atoms with Crippen molar-refractivity contribution in [2.75, 3.05) is 12.3 Å². The van der Waals surface area contributed by atoms with E-state index in [0.717, 1.165) is 15.6 Å². The Bertz CT molecular complexity index is 812. The minimum atomic E-state index is -3.40. The minimum Gasteiger partial charge on any atom is -0.440 e. The van der Waals surface area contributed by atoms with E-state index in [0.29, 0.717) is 24.5 Å². The molecule has 0 atom stereocenters. The summed E-state index contributed by atoms with van der Waals surface area (Å²) in [5.41, 5.74) is 1.68. The monoisotopic (exact) mass is 334 g/mol. The van der Waals surface area contributed by atoms with E-state index in [1.54, 1.807) is 0 Å². The largest absolute Gasteiger partial charge is 0.440 e. The summed E-state index contributed by atoms with van der Waals surface area (Å²) in [5.74, 6) is 0.794. The molecular formula is C16H18N2O4S. The zero-order valence-corrected chi connectivity index (χ0v) is 13.7. The lowest BCUT2D eigenvalue weighted by molar-refractivity contribution is -0.126. The number of sulfonamides is 1. The number of aryl methyl sites for hydroxylation is 2. The quantitative estimate of drug-likeness (QED) is 0.856. The molecule has 0 bridgehead atoms. The van der Waals surface area contributed by atoms with E-state index >= 15 is 0 Å². The van der Waals surface area contributed by atoms with Gasteiger partial charge >= 0.3 is 0 Å². The Morgan fingerprint density at radius 1 is 1.30 bits per heavy atom. The molecule has 0 unspecified atom stereocenters. The third kappa shape index (κ3) is 3.29. The Morgan fingerprint density at radius 2 is 2.04 bits per heavy atom. The van der Waals surface area contributed by atoms with Crippen molar-refractivity contribution in [2.45, 2.75) is 26.2 Å². The van der Waals surface area contributed by atoms with E-state index in [2.05, 4.69) is 4.98 Å². The van der Waals surface area contributed by atoms with E-state index < -0.39 is 10.0 Å². The number of hydrogen-bond donors (Lipinski definition) is 0. The molecular weight excluding hydrogens is 316 g/mol. The molecule has 7 heteroatoms. The normalized spacial score (nSPS) is 16.7. The molecule has 1 aromatic carbocycles. The number of aromatic nitrogens is 1. The van der Waals surface area contributed by atoms with Gasteiger partial charge in [0.15, 0.2) is 11.7 Å². The maximum Gasteiger partial charge on any atom is 0.237 e. The third-order valence-electron chi connectivity index (χ3n) is 3.81. The van der Waals surface area contributed by atoms with Crippen LogP contribution in [0.2, 0.25) is 0 Å². The van der Waals surface area contributed by atoms with Crippen LogP contribution >= 0.6 is 0 Å². The summed E-state index contributed by atoms with van der Waals surface area (Å²) >= 11 is 0. The molecule has 1 aliphatic heterocycles. The highest BCUT2D eigenvalue weighted by molar-refractivity contribution is 7.89. The van der Waals surface area contributed by atoms with Crippen LogP contribution in [0.3, 0.4) is 0 Å². The molecule has 0 radical (unpaired) electrons. The SMILES string of the molecule is Cc1nc(CCC(=O)N2CCCS2(=O)=O)oc1-c1ccccc1. The van der Waals surface area contributed by atoms with E-state index in [9.17, 15) is 13.2 Å². The van der Waals surface area contributed by atoms with Crippen LogP contribution < -0.4 is 0 Å². The smallest absolute Gasteiger partial charge is 0.237 e. The van der Waals surface area contributed by atoms with E-state index in [1.165, 1.54) is 0 Å². The second kappa shape index (κ2) is 6.16. The Labute approximate surface area is 135 Å². The van der Waals surface area contributed by atoms with Gasteiger partial charge in [-0.15, -0.1) is 0 Å². The molecule has 6 nitrogen and oxygen atoms in total.